The van der Waals surface area contributed by atoms with Gasteiger partial charge in [-0.25, -0.2) is 4.39 Å². The highest BCUT2D eigenvalue weighted by Gasteiger charge is 2.00. The molecule has 0 aliphatic rings. The van der Waals surface area contributed by atoms with Gasteiger partial charge in [-0.1, -0.05) is 19.1 Å². The zero-order valence-corrected chi connectivity index (χ0v) is 10.0. The van der Waals surface area contributed by atoms with Gasteiger partial charge in [0.15, 0.2) is 0 Å². The monoisotopic (exact) mass is 225 g/mol. The topological polar surface area (TPSA) is 21.3 Å². The third-order valence-corrected chi connectivity index (χ3v) is 2.42. The van der Waals surface area contributed by atoms with E-state index in [-0.39, 0.29) is 5.82 Å². The van der Waals surface area contributed by atoms with Crippen molar-refractivity contribution in [2.24, 2.45) is 5.92 Å². The number of rotatable bonds is 7. The van der Waals surface area contributed by atoms with Crippen molar-refractivity contribution in [2.75, 3.05) is 26.8 Å². The first-order valence-corrected chi connectivity index (χ1v) is 5.66. The summed E-state index contributed by atoms with van der Waals surface area (Å²) in [5.41, 5.74) is 1.03. The van der Waals surface area contributed by atoms with E-state index in [1.165, 1.54) is 6.07 Å². The second-order valence-corrected chi connectivity index (χ2v) is 4.14. The lowest BCUT2D eigenvalue weighted by Gasteiger charge is -2.11. The number of halogens is 1. The first-order chi connectivity index (χ1) is 7.72. The Morgan fingerprint density at radius 1 is 1.44 bits per heavy atom. The average Bonchev–Trinajstić information content (AvgIpc) is 2.25. The predicted molar refractivity (Wildman–Crippen MR) is 64.0 cm³/mol. The fourth-order valence-corrected chi connectivity index (χ4v) is 1.62. The molecule has 1 aromatic carbocycles. The molecule has 1 atom stereocenters. The molecule has 2 nitrogen and oxygen atoms in total. The van der Waals surface area contributed by atoms with E-state index in [1.807, 2.05) is 6.07 Å². The lowest BCUT2D eigenvalue weighted by Crippen LogP contribution is -2.25. The molecular formula is C13H20FNO. The molecule has 0 amide bonds. The van der Waals surface area contributed by atoms with Crippen molar-refractivity contribution < 1.29 is 9.13 Å². The molecule has 1 N–H and O–H groups in total. The summed E-state index contributed by atoms with van der Waals surface area (Å²) in [6.45, 7) is 4.71. The minimum absolute atomic E-state index is 0.162. The van der Waals surface area contributed by atoms with Crippen LogP contribution in [-0.4, -0.2) is 26.8 Å². The van der Waals surface area contributed by atoms with Gasteiger partial charge in [-0.3, -0.25) is 0 Å². The molecule has 0 heterocycles. The molecular weight excluding hydrogens is 205 g/mol. The van der Waals surface area contributed by atoms with Crippen LogP contribution in [0, 0.1) is 11.7 Å². The summed E-state index contributed by atoms with van der Waals surface area (Å²) in [5.74, 6) is 0.350. The Morgan fingerprint density at radius 3 is 2.94 bits per heavy atom. The Balaban J connectivity index is 2.16. The molecule has 0 aromatic heterocycles. The average molecular weight is 225 g/mol. The summed E-state index contributed by atoms with van der Waals surface area (Å²) < 4.78 is 17.9. The van der Waals surface area contributed by atoms with Gasteiger partial charge in [-0.05, 0) is 43.1 Å². The summed E-state index contributed by atoms with van der Waals surface area (Å²) in [4.78, 5) is 0. The van der Waals surface area contributed by atoms with Gasteiger partial charge in [-0.2, -0.15) is 0 Å². The number of nitrogens with one attached hydrogen (secondary N) is 1. The van der Waals surface area contributed by atoms with Crippen molar-refractivity contribution >= 4 is 0 Å². The van der Waals surface area contributed by atoms with E-state index in [2.05, 4.69) is 12.2 Å². The highest BCUT2D eigenvalue weighted by Crippen LogP contribution is 2.03. The fraction of sp³-hybridized carbons (Fsp3) is 0.538. The van der Waals surface area contributed by atoms with Crippen LogP contribution in [0.3, 0.4) is 0 Å². The summed E-state index contributed by atoms with van der Waals surface area (Å²) in [5, 5.41) is 3.34. The number of benzene rings is 1. The second-order valence-electron chi connectivity index (χ2n) is 4.14. The van der Waals surface area contributed by atoms with Crippen LogP contribution in [0.4, 0.5) is 4.39 Å². The molecule has 0 bridgehead atoms. The van der Waals surface area contributed by atoms with Crippen LogP contribution in [0.2, 0.25) is 0 Å². The Labute approximate surface area is 96.8 Å². The van der Waals surface area contributed by atoms with Crippen molar-refractivity contribution in [1.82, 2.24) is 5.32 Å². The van der Waals surface area contributed by atoms with Crippen LogP contribution in [0.25, 0.3) is 0 Å². The quantitative estimate of drug-likeness (QED) is 0.719. The Hall–Kier alpha value is -0.930. The van der Waals surface area contributed by atoms with Crippen LogP contribution in [0.5, 0.6) is 0 Å². The van der Waals surface area contributed by atoms with Gasteiger partial charge < -0.3 is 10.1 Å². The van der Waals surface area contributed by atoms with Crippen molar-refractivity contribution in [3.8, 4) is 0 Å². The lowest BCUT2D eigenvalue weighted by atomic mass is 10.1. The van der Waals surface area contributed by atoms with Crippen LogP contribution < -0.4 is 5.32 Å². The third-order valence-electron chi connectivity index (χ3n) is 2.42. The molecule has 0 aliphatic carbocycles. The predicted octanol–water partition coefficient (Wildman–Crippen LogP) is 2.24. The van der Waals surface area contributed by atoms with Crippen molar-refractivity contribution in [3.05, 3.63) is 35.6 Å². The summed E-state index contributed by atoms with van der Waals surface area (Å²) in [7, 11) is 1.71. The highest BCUT2D eigenvalue weighted by atomic mass is 19.1. The minimum atomic E-state index is -0.162. The zero-order chi connectivity index (χ0) is 11.8. The Morgan fingerprint density at radius 2 is 2.25 bits per heavy atom. The highest BCUT2D eigenvalue weighted by molar-refractivity contribution is 5.16. The van der Waals surface area contributed by atoms with Crippen LogP contribution >= 0.6 is 0 Å². The van der Waals surface area contributed by atoms with Crippen LogP contribution in [0.15, 0.2) is 24.3 Å². The van der Waals surface area contributed by atoms with Gasteiger partial charge in [0.1, 0.15) is 5.82 Å². The van der Waals surface area contributed by atoms with E-state index in [9.17, 15) is 4.39 Å². The van der Waals surface area contributed by atoms with E-state index in [0.29, 0.717) is 5.92 Å². The molecule has 0 saturated carbocycles. The number of hydrogen-bond acceptors (Lipinski definition) is 2. The molecule has 0 fully saturated rings. The standard InChI is InChI=1S/C13H20FNO/c1-11(10-16-2)9-15-7-6-12-4-3-5-13(14)8-12/h3-5,8,11,15H,6-7,9-10H2,1-2H3. The van der Waals surface area contributed by atoms with Crippen molar-refractivity contribution in [3.63, 3.8) is 0 Å². The van der Waals surface area contributed by atoms with E-state index in [0.717, 1.165) is 31.7 Å². The number of methoxy groups -OCH3 is 1. The molecule has 16 heavy (non-hydrogen) atoms. The molecule has 0 aliphatic heterocycles. The van der Waals surface area contributed by atoms with E-state index >= 15 is 0 Å². The minimum Gasteiger partial charge on any atom is -0.384 e. The molecule has 1 unspecified atom stereocenters. The first-order valence-electron chi connectivity index (χ1n) is 5.66. The maximum Gasteiger partial charge on any atom is 0.123 e. The zero-order valence-electron chi connectivity index (χ0n) is 10.0. The molecule has 0 saturated heterocycles. The van der Waals surface area contributed by atoms with Gasteiger partial charge in [0.25, 0.3) is 0 Å². The van der Waals surface area contributed by atoms with Crippen LogP contribution in [0.1, 0.15) is 12.5 Å². The van der Waals surface area contributed by atoms with E-state index in [4.69, 9.17) is 4.74 Å². The largest absolute Gasteiger partial charge is 0.384 e. The molecule has 3 heteroatoms. The first kappa shape index (κ1) is 13.1. The summed E-state index contributed by atoms with van der Waals surface area (Å²) in [6.07, 6.45) is 0.859. The SMILES string of the molecule is COCC(C)CNCCc1cccc(F)c1. The van der Waals surface area contributed by atoms with E-state index < -0.39 is 0 Å². The fourth-order valence-electron chi connectivity index (χ4n) is 1.62. The van der Waals surface area contributed by atoms with Crippen LogP contribution in [-0.2, 0) is 11.2 Å². The smallest absolute Gasteiger partial charge is 0.123 e. The Kier molecular flexibility index (Phi) is 6.04. The number of ether oxygens (including phenoxy) is 1. The van der Waals surface area contributed by atoms with Gasteiger partial charge >= 0.3 is 0 Å². The second kappa shape index (κ2) is 7.36. The third kappa shape index (κ3) is 5.24. The maximum absolute atomic E-state index is 12.9. The van der Waals surface area contributed by atoms with E-state index in [1.54, 1.807) is 19.2 Å². The van der Waals surface area contributed by atoms with Crippen molar-refractivity contribution in [1.29, 1.82) is 0 Å². The molecule has 90 valence electrons. The summed E-state index contributed by atoms with van der Waals surface area (Å²) >= 11 is 0. The normalized spacial score (nSPS) is 12.7. The van der Waals surface area contributed by atoms with Gasteiger partial charge in [0.2, 0.25) is 0 Å². The van der Waals surface area contributed by atoms with Crippen molar-refractivity contribution in [2.45, 2.75) is 13.3 Å². The molecule has 1 aromatic rings. The number of hydrogen-bond donors (Lipinski definition) is 1. The lowest BCUT2D eigenvalue weighted by molar-refractivity contribution is 0.158. The van der Waals surface area contributed by atoms with Gasteiger partial charge in [0, 0.05) is 13.7 Å². The maximum atomic E-state index is 12.9. The molecule has 0 radical (unpaired) electrons. The molecule has 0 spiro atoms. The van der Waals surface area contributed by atoms with Gasteiger partial charge in [0.05, 0.1) is 0 Å². The Bertz CT molecular complexity index is 304. The summed E-state index contributed by atoms with van der Waals surface area (Å²) in [6, 6.07) is 6.75. The molecule has 1 rings (SSSR count). The van der Waals surface area contributed by atoms with Gasteiger partial charge in [-0.15, -0.1) is 0 Å².